The van der Waals surface area contributed by atoms with Crippen molar-refractivity contribution in [1.82, 2.24) is 0 Å². The van der Waals surface area contributed by atoms with Crippen LogP contribution in [-0.2, 0) is 0 Å². The second-order valence-electron chi connectivity index (χ2n) is 4.14. The molecular formula is C14H11BrF2N2O. The summed E-state index contributed by atoms with van der Waals surface area (Å²) in [5.41, 5.74) is 0.985. The maximum atomic E-state index is 13.4. The molecule has 0 aliphatic rings. The topological polar surface area (TPSA) is 41.1 Å². The van der Waals surface area contributed by atoms with Crippen LogP contribution in [0.1, 0.15) is 5.56 Å². The lowest BCUT2D eigenvalue weighted by Crippen LogP contribution is -2.21. The van der Waals surface area contributed by atoms with E-state index in [1.54, 1.807) is 18.2 Å². The highest BCUT2D eigenvalue weighted by Crippen LogP contribution is 2.21. The molecule has 0 bridgehead atoms. The highest BCUT2D eigenvalue weighted by atomic mass is 79.9. The molecule has 0 saturated heterocycles. The number of halogens is 3. The molecule has 0 atom stereocenters. The molecule has 0 aliphatic heterocycles. The fraction of sp³-hybridized carbons (Fsp3) is 0.0714. The van der Waals surface area contributed by atoms with E-state index >= 15 is 0 Å². The number of benzene rings is 2. The number of rotatable bonds is 2. The molecular weight excluding hydrogens is 330 g/mol. The summed E-state index contributed by atoms with van der Waals surface area (Å²) < 4.78 is 27.7. The zero-order chi connectivity index (χ0) is 14.7. The number of anilines is 2. The van der Waals surface area contributed by atoms with Crippen molar-refractivity contribution in [2.24, 2.45) is 0 Å². The molecule has 0 radical (unpaired) electrons. The Morgan fingerprint density at radius 3 is 2.35 bits per heavy atom. The van der Waals surface area contributed by atoms with Crippen LogP contribution < -0.4 is 10.6 Å². The Morgan fingerprint density at radius 1 is 1.10 bits per heavy atom. The number of urea groups is 1. The van der Waals surface area contributed by atoms with Crippen molar-refractivity contribution < 1.29 is 13.6 Å². The van der Waals surface area contributed by atoms with Gasteiger partial charge in [0.25, 0.3) is 0 Å². The van der Waals surface area contributed by atoms with Crippen LogP contribution in [0.2, 0.25) is 0 Å². The first-order chi connectivity index (χ1) is 9.47. The van der Waals surface area contributed by atoms with Gasteiger partial charge < -0.3 is 10.6 Å². The van der Waals surface area contributed by atoms with Gasteiger partial charge in [0, 0.05) is 10.2 Å². The lowest BCUT2D eigenvalue weighted by Gasteiger charge is -2.10. The quantitative estimate of drug-likeness (QED) is 0.818. The summed E-state index contributed by atoms with van der Waals surface area (Å²) in [6.07, 6.45) is 0. The summed E-state index contributed by atoms with van der Waals surface area (Å²) >= 11 is 3.34. The van der Waals surface area contributed by atoms with E-state index in [4.69, 9.17) is 0 Å². The van der Waals surface area contributed by atoms with E-state index in [1.807, 2.05) is 6.92 Å². The Bertz CT molecular complexity index is 641. The Labute approximate surface area is 123 Å². The van der Waals surface area contributed by atoms with Crippen LogP contribution in [0.25, 0.3) is 0 Å². The third-order valence-corrected chi connectivity index (χ3v) is 3.51. The van der Waals surface area contributed by atoms with Gasteiger partial charge in [0.15, 0.2) is 0 Å². The normalized spacial score (nSPS) is 10.2. The first kappa shape index (κ1) is 14.5. The Balaban J connectivity index is 2.11. The predicted molar refractivity (Wildman–Crippen MR) is 77.9 cm³/mol. The minimum atomic E-state index is -0.827. The second-order valence-corrected chi connectivity index (χ2v) is 4.99. The predicted octanol–water partition coefficient (Wildman–Crippen LogP) is 4.68. The van der Waals surface area contributed by atoms with Crippen LogP contribution >= 0.6 is 15.9 Å². The second kappa shape index (κ2) is 6.00. The van der Waals surface area contributed by atoms with Gasteiger partial charge in [0.05, 0.1) is 0 Å². The van der Waals surface area contributed by atoms with Gasteiger partial charge in [-0.15, -0.1) is 0 Å². The van der Waals surface area contributed by atoms with Gasteiger partial charge in [0.2, 0.25) is 0 Å². The summed E-state index contributed by atoms with van der Waals surface area (Å²) in [5, 5.41) is 4.66. The number of carbonyl (C=O) groups excluding carboxylic acids is 1. The van der Waals surface area contributed by atoms with E-state index in [2.05, 4.69) is 26.6 Å². The summed E-state index contributed by atoms with van der Waals surface area (Å²) in [6.45, 7) is 1.86. The number of amides is 2. The van der Waals surface area contributed by atoms with Crippen LogP contribution in [0.15, 0.2) is 40.9 Å². The van der Waals surface area contributed by atoms with Crippen LogP contribution in [-0.4, -0.2) is 6.03 Å². The molecule has 0 unspecified atom stereocenters. The molecule has 2 N–H and O–H groups in total. The smallest absolute Gasteiger partial charge is 0.308 e. The highest BCUT2D eigenvalue weighted by Gasteiger charge is 2.11. The third kappa shape index (κ3) is 3.33. The van der Waals surface area contributed by atoms with Gasteiger partial charge in [-0.3, -0.25) is 0 Å². The van der Waals surface area contributed by atoms with E-state index in [0.29, 0.717) is 5.69 Å². The van der Waals surface area contributed by atoms with Gasteiger partial charge in [-0.1, -0.05) is 22.0 Å². The van der Waals surface area contributed by atoms with Gasteiger partial charge >= 0.3 is 6.03 Å². The number of para-hydroxylation sites is 1. The number of hydrogen-bond acceptors (Lipinski definition) is 1. The average Bonchev–Trinajstić information content (AvgIpc) is 2.38. The fourth-order valence-corrected chi connectivity index (χ4v) is 1.86. The van der Waals surface area contributed by atoms with Gasteiger partial charge in [0.1, 0.15) is 17.3 Å². The molecule has 0 spiro atoms. The highest BCUT2D eigenvalue weighted by molar-refractivity contribution is 9.10. The summed E-state index contributed by atoms with van der Waals surface area (Å²) in [5.74, 6) is -1.65. The molecule has 0 fully saturated rings. The van der Waals surface area contributed by atoms with E-state index in [9.17, 15) is 13.6 Å². The van der Waals surface area contributed by atoms with Crippen LogP contribution in [0.4, 0.5) is 25.0 Å². The molecule has 104 valence electrons. The van der Waals surface area contributed by atoms with E-state index in [0.717, 1.165) is 22.2 Å². The first-order valence-corrected chi connectivity index (χ1v) is 6.55. The van der Waals surface area contributed by atoms with Crippen LogP contribution in [0.5, 0.6) is 0 Å². The molecule has 0 aliphatic carbocycles. The van der Waals surface area contributed by atoms with Crippen LogP contribution in [0, 0.1) is 18.6 Å². The number of carbonyl (C=O) groups is 1. The number of nitrogens with one attached hydrogen (secondary N) is 2. The molecule has 2 aromatic rings. The van der Waals surface area contributed by atoms with Gasteiger partial charge in [-0.2, -0.15) is 0 Å². The molecule has 0 saturated carbocycles. The zero-order valence-electron chi connectivity index (χ0n) is 10.5. The van der Waals surface area contributed by atoms with Crippen molar-refractivity contribution in [2.45, 2.75) is 6.92 Å². The number of aryl methyl sites for hydroxylation is 1. The molecule has 2 amide bonds. The minimum absolute atomic E-state index is 0.473. The molecule has 2 rings (SSSR count). The summed E-state index contributed by atoms with van der Waals surface area (Å²) in [4.78, 5) is 11.7. The molecule has 0 aromatic heterocycles. The van der Waals surface area contributed by atoms with Crippen molar-refractivity contribution >= 4 is 33.3 Å². The molecule has 20 heavy (non-hydrogen) atoms. The summed E-state index contributed by atoms with van der Waals surface area (Å²) in [7, 11) is 0. The standard InChI is InChI=1S/C14H11BrF2N2O/c1-8-7-9(5-6-10(8)15)18-14(20)19-13-11(16)3-2-4-12(13)17/h2-7H,1H3,(H2,18,19,20). The Kier molecular flexibility index (Phi) is 4.34. The molecule has 0 heterocycles. The maximum absolute atomic E-state index is 13.4. The van der Waals surface area contributed by atoms with E-state index in [-0.39, 0.29) is 0 Å². The van der Waals surface area contributed by atoms with Gasteiger partial charge in [-0.25, -0.2) is 13.6 Å². The zero-order valence-corrected chi connectivity index (χ0v) is 12.1. The van der Waals surface area contributed by atoms with E-state index in [1.165, 1.54) is 6.07 Å². The van der Waals surface area contributed by atoms with Crippen LogP contribution in [0.3, 0.4) is 0 Å². The lowest BCUT2D eigenvalue weighted by atomic mass is 10.2. The first-order valence-electron chi connectivity index (χ1n) is 5.75. The van der Waals surface area contributed by atoms with Crippen molar-refractivity contribution in [3.8, 4) is 0 Å². The monoisotopic (exact) mass is 340 g/mol. The van der Waals surface area contributed by atoms with Crippen molar-refractivity contribution in [2.75, 3.05) is 10.6 Å². The molecule has 3 nitrogen and oxygen atoms in total. The average molecular weight is 341 g/mol. The van der Waals surface area contributed by atoms with Gasteiger partial charge in [-0.05, 0) is 42.8 Å². The fourth-order valence-electron chi connectivity index (χ4n) is 1.62. The maximum Gasteiger partial charge on any atom is 0.323 e. The largest absolute Gasteiger partial charge is 0.323 e. The van der Waals surface area contributed by atoms with Crippen molar-refractivity contribution in [1.29, 1.82) is 0 Å². The molecule has 6 heteroatoms. The third-order valence-electron chi connectivity index (χ3n) is 2.62. The van der Waals surface area contributed by atoms with Crippen molar-refractivity contribution in [3.05, 3.63) is 58.1 Å². The summed E-state index contributed by atoms with van der Waals surface area (Å²) in [6, 6.07) is 7.84. The Hall–Kier alpha value is -1.95. The van der Waals surface area contributed by atoms with Crippen molar-refractivity contribution in [3.63, 3.8) is 0 Å². The SMILES string of the molecule is Cc1cc(NC(=O)Nc2c(F)cccc2F)ccc1Br. The Morgan fingerprint density at radius 2 is 1.75 bits per heavy atom. The van der Waals surface area contributed by atoms with E-state index < -0.39 is 23.4 Å². The molecule has 2 aromatic carbocycles. The number of hydrogen-bond donors (Lipinski definition) is 2. The lowest BCUT2D eigenvalue weighted by molar-refractivity contribution is 0.262. The minimum Gasteiger partial charge on any atom is -0.308 e.